The fourth-order valence-electron chi connectivity index (χ4n) is 2.22. The number of likely N-dealkylation sites (tertiary alicyclic amines) is 1. The van der Waals surface area contributed by atoms with Crippen molar-refractivity contribution >= 4 is 11.9 Å². The van der Waals surface area contributed by atoms with Crippen LogP contribution in [0.4, 0.5) is 4.79 Å². The Balaban J connectivity index is 2.70. The van der Waals surface area contributed by atoms with Crippen LogP contribution in [0.1, 0.15) is 53.9 Å². The summed E-state index contributed by atoms with van der Waals surface area (Å²) in [5.41, 5.74) is -0.485. The maximum Gasteiger partial charge on any atom is 0.410 e. The zero-order valence-corrected chi connectivity index (χ0v) is 12.2. The molecule has 1 heterocycles. The third kappa shape index (κ3) is 4.67. The highest BCUT2D eigenvalue weighted by Crippen LogP contribution is 2.23. The number of carbonyl (C=O) groups is 2. The Labute approximate surface area is 110 Å². The lowest BCUT2D eigenvalue weighted by Gasteiger charge is -2.37. The molecule has 0 radical (unpaired) electrons. The van der Waals surface area contributed by atoms with Gasteiger partial charge in [-0.25, -0.2) is 4.79 Å². The highest BCUT2D eigenvalue weighted by Gasteiger charge is 2.33. The van der Waals surface area contributed by atoms with E-state index in [1.54, 1.807) is 4.90 Å². The molecular formula is C14H25NO3. The summed E-state index contributed by atoms with van der Waals surface area (Å²) in [6.45, 7) is 10.3. The SMILES string of the molecule is CC(C)CC1CC(=O)CCN1C(=O)OC(C)(C)C. The molecule has 1 unspecified atom stereocenters. The fraction of sp³-hybridized carbons (Fsp3) is 0.857. The van der Waals surface area contributed by atoms with Gasteiger partial charge in [-0.15, -0.1) is 0 Å². The van der Waals surface area contributed by atoms with Gasteiger partial charge in [0.2, 0.25) is 0 Å². The second-order valence-corrected chi connectivity index (χ2v) is 6.45. The molecule has 0 N–H and O–H groups in total. The van der Waals surface area contributed by atoms with Crippen molar-refractivity contribution in [2.24, 2.45) is 5.92 Å². The van der Waals surface area contributed by atoms with Crippen LogP contribution in [0.5, 0.6) is 0 Å². The minimum Gasteiger partial charge on any atom is -0.444 e. The molecule has 0 saturated carbocycles. The van der Waals surface area contributed by atoms with Crippen LogP contribution in [0.15, 0.2) is 0 Å². The molecule has 1 rings (SSSR count). The fourth-order valence-corrected chi connectivity index (χ4v) is 2.22. The van der Waals surface area contributed by atoms with Crippen molar-refractivity contribution in [1.29, 1.82) is 0 Å². The number of hydrogen-bond donors (Lipinski definition) is 0. The number of Topliss-reactive ketones (excluding diaryl/α,β-unsaturated/α-hetero) is 1. The molecule has 104 valence electrons. The van der Waals surface area contributed by atoms with E-state index >= 15 is 0 Å². The van der Waals surface area contributed by atoms with Crippen molar-refractivity contribution in [2.75, 3.05) is 6.54 Å². The molecule has 1 atom stereocenters. The van der Waals surface area contributed by atoms with E-state index in [2.05, 4.69) is 13.8 Å². The van der Waals surface area contributed by atoms with Crippen molar-refractivity contribution in [2.45, 2.75) is 65.5 Å². The van der Waals surface area contributed by atoms with Crippen LogP contribution in [-0.4, -0.2) is 35.0 Å². The van der Waals surface area contributed by atoms with Crippen molar-refractivity contribution in [3.05, 3.63) is 0 Å². The van der Waals surface area contributed by atoms with Gasteiger partial charge < -0.3 is 9.64 Å². The van der Waals surface area contributed by atoms with E-state index in [1.807, 2.05) is 20.8 Å². The highest BCUT2D eigenvalue weighted by molar-refractivity contribution is 5.82. The Morgan fingerprint density at radius 3 is 2.56 bits per heavy atom. The Morgan fingerprint density at radius 2 is 2.06 bits per heavy atom. The lowest BCUT2D eigenvalue weighted by Crippen LogP contribution is -2.48. The third-order valence-corrected chi connectivity index (χ3v) is 2.91. The Hall–Kier alpha value is -1.06. The Morgan fingerprint density at radius 1 is 1.44 bits per heavy atom. The quantitative estimate of drug-likeness (QED) is 0.762. The largest absolute Gasteiger partial charge is 0.444 e. The average molecular weight is 255 g/mol. The number of nitrogens with zero attached hydrogens (tertiary/aromatic N) is 1. The number of ether oxygens (including phenoxy) is 1. The summed E-state index contributed by atoms with van der Waals surface area (Å²) < 4.78 is 5.40. The van der Waals surface area contributed by atoms with E-state index < -0.39 is 5.60 Å². The second-order valence-electron chi connectivity index (χ2n) is 6.45. The smallest absolute Gasteiger partial charge is 0.410 e. The van der Waals surface area contributed by atoms with Gasteiger partial charge in [-0.1, -0.05) is 13.8 Å². The molecule has 0 bridgehead atoms. The summed E-state index contributed by atoms with van der Waals surface area (Å²) in [6, 6.07) is 0.00102. The van der Waals surface area contributed by atoms with Crippen LogP contribution in [0.2, 0.25) is 0 Å². The molecule has 4 heteroatoms. The van der Waals surface area contributed by atoms with Gasteiger partial charge in [-0.3, -0.25) is 4.79 Å². The summed E-state index contributed by atoms with van der Waals surface area (Å²) >= 11 is 0. The minimum absolute atomic E-state index is 0.00102. The first kappa shape index (κ1) is 15.0. The molecule has 0 aromatic carbocycles. The van der Waals surface area contributed by atoms with Gasteiger partial charge in [0.25, 0.3) is 0 Å². The van der Waals surface area contributed by atoms with Crippen LogP contribution >= 0.6 is 0 Å². The monoisotopic (exact) mass is 255 g/mol. The van der Waals surface area contributed by atoms with Gasteiger partial charge in [0.15, 0.2) is 0 Å². The number of piperidine rings is 1. The van der Waals surface area contributed by atoms with Crippen LogP contribution in [0.3, 0.4) is 0 Å². The molecular weight excluding hydrogens is 230 g/mol. The Bertz CT molecular complexity index is 317. The van der Waals surface area contributed by atoms with E-state index in [4.69, 9.17) is 4.74 Å². The first-order chi connectivity index (χ1) is 8.19. The normalized spacial score (nSPS) is 21.3. The lowest BCUT2D eigenvalue weighted by atomic mass is 9.93. The second kappa shape index (κ2) is 5.72. The van der Waals surface area contributed by atoms with Crippen LogP contribution in [0, 0.1) is 5.92 Å². The number of amides is 1. The van der Waals surface area contributed by atoms with Crippen LogP contribution in [0.25, 0.3) is 0 Å². The van der Waals surface area contributed by atoms with Gasteiger partial charge in [-0.05, 0) is 33.1 Å². The summed E-state index contributed by atoms with van der Waals surface area (Å²) in [4.78, 5) is 25.4. The molecule has 4 nitrogen and oxygen atoms in total. The molecule has 1 amide bonds. The summed E-state index contributed by atoms with van der Waals surface area (Å²) in [6.07, 6.45) is 1.48. The zero-order valence-electron chi connectivity index (χ0n) is 12.2. The predicted molar refractivity (Wildman–Crippen MR) is 70.4 cm³/mol. The van der Waals surface area contributed by atoms with E-state index in [1.165, 1.54) is 0 Å². The maximum atomic E-state index is 12.1. The summed E-state index contributed by atoms with van der Waals surface area (Å²) in [5.74, 6) is 0.714. The molecule has 0 aromatic rings. The lowest BCUT2D eigenvalue weighted by molar-refractivity contribution is -0.123. The Kier molecular flexibility index (Phi) is 4.77. The van der Waals surface area contributed by atoms with Gasteiger partial charge in [0.05, 0.1) is 0 Å². The van der Waals surface area contributed by atoms with Gasteiger partial charge in [-0.2, -0.15) is 0 Å². The highest BCUT2D eigenvalue weighted by atomic mass is 16.6. The zero-order chi connectivity index (χ0) is 13.9. The minimum atomic E-state index is -0.485. The number of ketones is 1. The van der Waals surface area contributed by atoms with Crippen molar-refractivity contribution < 1.29 is 14.3 Å². The predicted octanol–water partition coefficient (Wildman–Crippen LogP) is 3.00. The molecule has 18 heavy (non-hydrogen) atoms. The summed E-state index contributed by atoms with van der Waals surface area (Å²) in [5, 5.41) is 0. The van der Waals surface area contributed by atoms with Gasteiger partial charge >= 0.3 is 6.09 Å². The maximum absolute atomic E-state index is 12.1. The van der Waals surface area contributed by atoms with E-state index in [-0.39, 0.29) is 17.9 Å². The van der Waals surface area contributed by atoms with Crippen molar-refractivity contribution in [3.8, 4) is 0 Å². The standard InChI is InChI=1S/C14H25NO3/c1-10(2)8-11-9-12(16)6-7-15(11)13(17)18-14(3,4)5/h10-11H,6-9H2,1-5H3. The number of carbonyl (C=O) groups excluding carboxylic acids is 2. The molecule has 1 aliphatic heterocycles. The van der Waals surface area contributed by atoms with E-state index in [0.717, 1.165) is 6.42 Å². The van der Waals surface area contributed by atoms with Gasteiger partial charge in [0, 0.05) is 25.4 Å². The van der Waals surface area contributed by atoms with E-state index in [0.29, 0.717) is 25.3 Å². The third-order valence-electron chi connectivity index (χ3n) is 2.91. The topological polar surface area (TPSA) is 46.6 Å². The van der Waals surface area contributed by atoms with E-state index in [9.17, 15) is 9.59 Å². The van der Waals surface area contributed by atoms with Gasteiger partial charge in [0.1, 0.15) is 11.4 Å². The number of rotatable bonds is 2. The molecule has 0 spiro atoms. The molecule has 1 saturated heterocycles. The van der Waals surface area contributed by atoms with Crippen molar-refractivity contribution in [3.63, 3.8) is 0 Å². The van der Waals surface area contributed by atoms with Crippen molar-refractivity contribution in [1.82, 2.24) is 4.90 Å². The molecule has 1 aliphatic rings. The molecule has 0 aromatic heterocycles. The first-order valence-electron chi connectivity index (χ1n) is 6.70. The molecule has 1 fully saturated rings. The summed E-state index contributed by atoms with van der Waals surface area (Å²) in [7, 11) is 0. The molecule has 0 aliphatic carbocycles. The van der Waals surface area contributed by atoms with Crippen LogP contribution in [-0.2, 0) is 9.53 Å². The van der Waals surface area contributed by atoms with Crippen LogP contribution < -0.4 is 0 Å². The first-order valence-corrected chi connectivity index (χ1v) is 6.70. The number of hydrogen-bond acceptors (Lipinski definition) is 3. The average Bonchev–Trinajstić information content (AvgIpc) is 2.13.